The SMILES string of the molecule is CN1C(=O)CC[C@@H](Nc2ncnc3cccc(F)c23)[C@@H]1c1ccnn1C. The molecule has 0 unspecified atom stereocenters. The number of aryl methyl sites for hydroxylation is 1. The second-order valence-electron chi connectivity index (χ2n) is 6.47. The molecular formula is C18H19FN6O. The van der Waals surface area contributed by atoms with Crippen molar-refractivity contribution in [3.05, 3.63) is 48.3 Å². The lowest BCUT2D eigenvalue weighted by molar-refractivity contribution is -0.135. The second kappa shape index (κ2) is 6.36. The molecule has 8 heteroatoms. The molecule has 7 nitrogen and oxygen atoms in total. The Morgan fingerprint density at radius 2 is 2.08 bits per heavy atom. The molecule has 0 bridgehead atoms. The molecular weight excluding hydrogens is 335 g/mol. The van der Waals surface area contributed by atoms with Crippen LogP contribution in [-0.4, -0.2) is 43.6 Å². The molecule has 1 fully saturated rings. The molecule has 1 amide bonds. The Labute approximate surface area is 149 Å². The third-order valence-electron chi connectivity index (χ3n) is 4.96. The van der Waals surface area contributed by atoms with Crippen molar-refractivity contribution < 1.29 is 9.18 Å². The van der Waals surface area contributed by atoms with Crippen LogP contribution >= 0.6 is 0 Å². The molecule has 134 valence electrons. The summed E-state index contributed by atoms with van der Waals surface area (Å²) >= 11 is 0. The minimum absolute atomic E-state index is 0.0768. The van der Waals surface area contributed by atoms with Crippen molar-refractivity contribution in [3.63, 3.8) is 0 Å². The summed E-state index contributed by atoms with van der Waals surface area (Å²) in [6.07, 6.45) is 4.17. The van der Waals surface area contributed by atoms with E-state index in [0.29, 0.717) is 29.6 Å². The largest absolute Gasteiger partial charge is 0.364 e. The van der Waals surface area contributed by atoms with E-state index >= 15 is 0 Å². The topological polar surface area (TPSA) is 75.9 Å². The van der Waals surface area contributed by atoms with Crippen LogP contribution in [0.25, 0.3) is 10.9 Å². The van der Waals surface area contributed by atoms with Crippen LogP contribution in [0.2, 0.25) is 0 Å². The minimum Gasteiger partial charge on any atom is -0.364 e. The molecule has 4 rings (SSSR count). The zero-order valence-electron chi connectivity index (χ0n) is 14.6. The molecule has 0 aliphatic carbocycles. The third kappa shape index (κ3) is 2.67. The van der Waals surface area contributed by atoms with Crippen molar-refractivity contribution in [1.29, 1.82) is 0 Å². The minimum atomic E-state index is -0.372. The number of rotatable bonds is 3. The van der Waals surface area contributed by atoms with Gasteiger partial charge in [-0.3, -0.25) is 9.48 Å². The van der Waals surface area contributed by atoms with E-state index in [2.05, 4.69) is 20.4 Å². The lowest BCUT2D eigenvalue weighted by Gasteiger charge is -2.39. The number of amides is 1. The van der Waals surface area contributed by atoms with Gasteiger partial charge in [0.1, 0.15) is 18.0 Å². The molecule has 1 saturated heterocycles. The predicted molar refractivity (Wildman–Crippen MR) is 94.9 cm³/mol. The second-order valence-corrected chi connectivity index (χ2v) is 6.47. The summed E-state index contributed by atoms with van der Waals surface area (Å²) in [6, 6.07) is 6.32. The molecule has 26 heavy (non-hydrogen) atoms. The highest BCUT2D eigenvalue weighted by molar-refractivity contribution is 5.89. The Morgan fingerprint density at radius 1 is 1.23 bits per heavy atom. The van der Waals surface area contributed by atoms with Gasteiger partial charge >= 0.3 is 0 Å². The van der Waals surface area contributed by atoms with E-state index in [-0.39, 0.29) is 23.8 Å². The number of benzene rings is 1. The summed E-state index contributed by atoms with van der Waals surface area (Å²) in [7, 11) is 3.63. The Kier molecular flexibility index (Phi) is 4.02. The molecule has 1 aliphatic heterocycles. The zero-order valence-corrected chi connectivity index (χ0v) is 14.6. The zero-order chi connectivity index (χ0) is 18.3. The van der Waals surface area contributed by atoms with Crippen LogP contribution in [0, 0.1) is 5.82 Å². The van der Waals surface area contributed by atoms with Crippen molar-refractivity contribution in [2.24, 2.45) is 7.05 Å². The smallest absolute Gasteiger partial charge is 0.223 e. The van der Waals surface area contributed by atoms with E-state index < -0.39 is 0 Å². The van der Waals surface area contributed by atoms with Gasteiger partial charge < -0.3 is 10.2 Å². The van der Waals surface area contributed by atoms with Crippen LogP contribution in [0.1, 0.15) is 24.6 Å². The molecule has 1 N–H and O–H groups in total. The summed E-state index contributed by atoms with van der Waals surface area (Å²) in [5.41, 5.74) is 1.46. The van der Waals surface area contributed by atoms with Gasteiger partial charge in [-0.1, -0.05) is 6.07 Å². The number of likely N-dealkylation sites (tertiary alicyclic amines) is 1. The van der Waals surface area contributed by atoms with Crippen LogP contribution in [0.3, 0.4) is 0 Å². The average Bonchev–Trinajstić information content (AvgIpc) is 3.04. The first-order valence-electron chi connectivity index (χ1n) is 8.45. The van der Waals surface area contributed by atoms with E-state index in [1.54, 1.807) is 35.0 Å². The van der Waals surface area contributed by atoms with Crippen molar-refractivity contribution in [2.45, 2.75) is 24.9 Å². The van der Waals surface area contributed by atoms with E-state index in [1.165, 1.54) is 12.4 Å². The molecule has 3 aromatic rings. The normalized spacial score (nSPS) is 20.6. The van der Waals surface area contributed by atoms with Crippen LogP contribution in [0.4, 0.5) is 10.2 Å². The average molecular weight is 354 g/mol. The third-order valence-corrected chi connectivity index (χ3v) is 4.96. The monoisotopic (exact) mass is 354 g/mol. The van der Waals surface area contributed by atoms with Crippen molar-refractivity contribution in [3.8, 4) is 0 Å². The van der Waals surface area contributed by atoms with Gasteiger partial charge in [-0.05, 0) is 24.6 Å². The maximum Gasteiger partial charge on any atom is 0.223 e. The van der Waals surface area contributed by atoms with Crippen LogP contribution in [0.15, 0.2) is 36.8 Å². The summed E-state index contributed by atoms with van der Waals surface area (Å²) < 4.78 is 16.1. The van der Waals surface area contributed by atoms with Gasteiger partial charge in [0.15, 0.2) is 0 Å². The first-order valence-corrected chi connectivity index (χ1v) is 8.45. The van der Waals surface area contributed by atoms with Gasteiger partial charge in [0, 0.05) is 26.7 Å². The van der Waals surface area contributed by atoms with Gasteiger partial charge in [0.2, 0.25) is 5.91 Å². The Balaban J connectivity index is 1.75. The number of anilines is 1. The van der Waals surface area contributed by atoms with Crippen LogP contribution in [0.5, 0.6) is 0 Å². The van der Waals surface area contributed by atoms with E-state index in [9.17, 15) is 9.18 Å². The molecule has 1 aromatic carbocycles. The Bertz CT molecular complexity index is 966. The number of nitrogens with zero attached hydrogens (tertiary/aromatic N) is 5. The van der Waals surface area contributed by atoms with Gasteiger partial charge in [0.25, 0.3) is 0 Å². The number of hydrogen-bond acceptors (Lipinski definition) is 5. The maximum absolute atomic E-state index is 14.4. The highest BCUT2D eigenvalue weighted by atomic mass is 19.1. The van der Waals surface area contributed by atoms with E-state index in [0.717, 1.165) is 5.69 Å². The number of carbonyl (C=O) groups is 1. The van der Waals surface area contributed by atoms with Gasteiger partial charge in [-0.2, -0.15) is 5.10 Å². The number of carbonyl (C=O) groups excluding carboxylic acids is 1. The van der Waals surface area contributed by atoms with E-state index in [4.69, 9.17) is 0 Å². The molecule has 3 heterocycles. The van der Waals surface area contributed by atoms with Gasteiger partial charge in [0.05, 0.1) is 28.7 Å². The standard InChI is InChI=1S/C18H19FN6O/c1-24-15(26)7-6-13(17(24)14-8-9-22-25(14)2)23-18-16-11(19)4-3-5-12(16)20-10-21-18/h3-5,8-10,13,17H,6-7H2,1-2H3,(H,20,21,23)/t13-,17-/m1/s1. The number of aromatic nitrogens is 4. The number of likely N-dealkylation sites (N-methyl/N-ethyl adjacent to an activating group) is 1. The van der Waals surface area contributed by atoms with E-state index in [1.807, 2.05) is 13.1 Å². The Hall–Kier alpha value is -3.03. The lowest BCUT2D eigenvalue weighted by Crippen LogP contribution is -2.47. The first-order chi connectivity index (χ1) is 12.6. The Morgan fingerprint density at radius 3 is 2.85 bits per heavy atom. The molecule has 0 radical (unpaired) electrons. The fourth-order valence-electron chi connectivity index (χ4n) is 3.62. The first kappa shape index (κ1) is 16.4. The fraction of sp³-hybridized carbons (Fsp3) is 0.333. The molecule has 2 atom stereocenters. The number of fused-ring (bicyclic) bond motifs is 1. The number of halogens is 1. The number of hydrogen-bond donors (Lipinski definition) is 1. The molecule has 0 saturated carbocycles. The molecule has 1 aliphatic rings. The van der Waals surface area contributed by atoms with Crippen LogP contribution in [-0.2, 0) is 11.8 Å². The van der Waals surface area contributed by atoms with Gasteiger partial charge in [-0.15, -0.1) is 0 Å². The van der Waals surface area contributed by atoms with Crippen molar-refractivity contribution in [1.82, 2.24) is 24.6 Å². The summed E-state index contributed by atoms with van der Waals surface area (Å²) in [4.78, 5) is 22.4. The highest BCUT2D eigenvalue weighted by Gasteiger charge is 2.36. The molecule has 0 spiro atoms. The predicted octanol–water partition coefficient (Wildman–Crippen LogP) is 2.28. The number of nitrogens with one attached hydrogen (secondary N) is 1. The van der Waals surface area contributed by atoms with Crippen molar-refractivity contribution >= 4 is 22.6 Å². The summed E-state index contributed by atoms with van der Waals surface area (Å²) in [5.74, 6) is 0.143. The van der Waals surface area contributed by atoms with Crippen LogP contribution < -0.4 is 5.32 Å². The van der Waals surface area contributed by atoms with Gasteiger partial charge in [-0.25, -0.2) is 14.4 Å². The lowest BCUT2D eigenvalue weighted by atomic mass is 9.93. The highest BCUT2D eigenvalue weighted by Crippen LogP contribution is 2.33. The fourth-order valence-corrected chi connectivity index (χ4v) is 3.62. The summed E-state index contributed by atoms with van der Waals surface area (Å²) in [6.45, 7) is 0. The maximum atomic E-state index is 14.4. The van der Waals surface area contributed by atoms with Crippen molar-refractivity contribution in [2.75, 3.05) is 12.4 Å². The quantitative estimate of drug-likeness (QED) is 0.781. The summed E-state index contributed by atoms with van der Waals surface area (Å²) in [5, 5.41) is 7.94. The molecule has 2 aromatic heterocycles. The number of piperidine rings is 1.